The molecule has 53 heavy (non-hydrogen) atoms. The third-order valence-electron chi connectivity index (χ3n) is 6.52. The highest BCUT2D eigenvalue weighted by Gasteiger charge is 2.30. The molecule has 0 spiro atoms. The number of esters is 1. The molecule has 1 atom stereocenters. The Balaban J connectivity index is 1.65. The second-order valence-electron chi connectivity index (χ2n) is 13.4. The van der Waals surface area contributed by atoms with Gasteiger partial charge in [-0.15, -0.1) is 0 Å². The van der Waals surface area contributed by atoms with Crippen molar-refractivity contribution in [2.24, 2.45) is 4.99 Å². The Hall–Kier alpha value is -5.64. The highest BCUT2D eigenvalue weighted by molar-refractivity contribution is 6.31. The van der Waals surface area contributed by atoms with E-state index in [0.717, 1.165) is 24.3 Å². The van der Waals surface area contributed by atoms with Crippen LogP contribution in [-0.4, -0.2) is 58.3 Å². The molecular formula is C36H38ClF3N4O9. The van der Waals surface area contributed by atoms with Crippen molar-refractivity contribution in [3.63, 3.8) is 0 Å². The number of hydrogen-bond donors (Lipinski definition) is 4. The van der Waals surface area contributed by atoms with Gasteiger partial charge in [-0.3, -0.25) is 15.4 Å². The number of carboxylic acid groups (broad SMARTS) is 1. The number of nitrogens with zero attached hydrogens (tertiary/aromatic N) is 1. The Kier molecular flexibility index (Phi) is 13.6. The summed E-state index contributed by atoms with van der Waals surface area (Å²) in [7, 11) is 0. The van der Waals surface area contributed by atoms with Gasteiger partial charge in [0.2, 0.25) is 11.9 Å². The number of nitrogens with one attached hydrogen (secondary N) is 3. The zero-order valence-electron chi connectivity index (χ0n) is 29.5. The molecule has 284 valence electrons. The molecule has 3 aromatic carbocycles. The molecule has 4 N–H and O–H groups in total. The third-order valence-corrected chi connectivity index (χ3v) is 6.87. The molecule has 17 heteroatoms. The summed E-state index contributed by atoms with van der Waals surface area (Å²) in [5.41, 5.74) is -1.70. The second-order valence-corrected chi connectivity index (χ2v) is 13.8. The summed E-state index contributed by atoms with van der Waals surface area (Å²) >= 11 is 6.32. The highest BCUT2D eigenvalue weighted by atomic mass is 35.5. The zero-order valence-corrected chi connectivity index (χ0v) is 30.3. The van der Waals surface area contributed by atoms with Crippen LogP contribution in [0.5, 0.6) is 5.75 Å². The summed E-state index contributed by atoms with van der Waals surface area (Å²) in [4.78, 5) is 66.2. The number of aliphatic carboxylic acids is 1. The van der Waals surface area contributed by atoms with Crippen LogP contribution in [0, 0.1) is 0 Å². The lowest BCUT2D eigenvalue weighted by Crippen LogP contribution is -2.47. The van der Waals surface area contributed by atoms with Crippen LogP contribution >= 0.6 is 11.6 Å². The summed E-state index contributed by atoms with van der Waals surface area (Å²) in [6, 6.07) is 12.2. The van der Waals surface area contributed by atoms with Crippen molar-refractivity contribution < 1.29 is 56.5 Å². The van der Waals surface area contributed by atoms with Crippen LogP contribution in [0.25, 0.3) is 0 Å². The Morgan fingerprint density at radius 1 is 0.811 bits per heavy atom. The van der Waals surface area contributed by atoms with Gasteiger partial charge < -0.3 is 24.6 Å². The first-order valence-corrected chi connectivity index (χ1v) is 16.2. The monoisotopic (exact) mass is 762 g/mol. The number of hydrogen-bond acceptors (Lipinski definition) is 9. The topological polar surface area (TPSA) is 182 Å². The number of aliphatic imine (C=N–C) groups is 1. The highest BCUT2D eigenvalue weighted by Crippen LogP contribution is 2.29. The summed E-state index contributed by atoms with van der Waals surface area (Å²) in [5, 5.41) is 16.6. The minimum atomic E-state index is -4.55. The quantitative estimate of drug-likeness (QED) is 0.0775. The van der Waals surface area contributed by atoms with Crippen LogP contribution in [0.4, 0.5) is 28.4 Å². The van der Waals surface area contributed by atoms with E-state index < -0.39 is 59.0 Å². The molecule has 0 bridgehead atoms. The van der Waals surface area contributed by atoms with E-state index in [2.05, 4.69) is 20.9 Å². The number of rotatable bonds is 9. The first-order chi connectivity index (χ1) is 24.5. The predicted molar refractivity (Wildman–Crippen MR) is 187 cm³/mol. The molecule has 0 radical (unpaired) electrons. The first kappa shape index (κ1) is 41.8. The third kappa shape index (κ3) is 14.5. The molecule has 0 saturated heterocycles. The lowest BCUT2D eigenvalue weighted by Gasteiger charge is -2.22. The van der Waals surface area contributed by atoms with Crippen molar-refractivity contribution >= 4 is 53.3 Å². The van der Waals surface area contributed by atoms with E-state index in [1.807, 2.05) is 0 Å². The Morgan fingerprint density at radius 3 is 1.83 bits per heavy atom. The molecule has 0 fully saturated rings. The van der Waals surface area contributed by atoms with E-state index in [-0.39, 0.29) is 52.0 Å². The average molecular weight is 763 g/mol. The van der Waals surface area contributed by atoms with Gasteiger partial charge in [-0.1, -0.05) is 29.8 Å². The van der Waals surface area contributed by atoms with Crippen molar-refractivity contribution in [1.29, 1.82) is 0 Å². The molecule has 13 nitrogen and oxygen atoms in total. The zero-order chi connectivity index (χ0) is 39.7. The number of guanidine groups is 1. The minimum Gasteiger partial charge on any atom is -0.480 e. The Bertz CT molecular complexity index is 1820. The van der Waals surface area contributed by atoms with Gasteiger partial charge in [0.15, 0.2) is 0 Å². The van der Waals surface area contributed by atoms with Crippen LogP contribution in [-0.2, 0) is 38.1 Å². The molecule has 0 aliphatic carbocycles. The summed E-state index contributed by atoms with van der Waals surface area (Å²) in [6.07, 6.45) is -6.94. The fourth-order valence-corrected chi connectivity index (χ4v) is 4.51. The average Bonchev–Trinajstić information content (AvgIpc) is 3.00. The number of amides is 3. The lowest BCUT2D eigenvalue weighted by atomic mass is 10.0. The van der Waals surface area contributed by atoms with Crippen LogP contribution in [0.15, 0.2) is 71.7 Å². The van der Waals surface area contributed by atoms with Gasteiger partial charge >= 0.3 is 30.3 Å². The van der Waals surface area contributed by atoms with E-state index in [1.54, 1.807) is 41.5 Å². The van der Waals surface area contributed by atoms with Gasteiger partial charge in [0.25, 0.3) is 0 Å². The van der Waals surface area contributed by atoms with E-state index in [9.17, 15) is 42.3 Å². The van der Waals surface area contributed by atoms with E-state index in [0.29, 0.717) is 0 Å². The number of benzene rings is 3. The molecule has 0 aromatic heterocycles. The number of carboxylic acids is 1. The van der Waals surface area contributed by atoms with Crippen molar-refractivity contribution in [3.05, 3.63) is 94.0 Å². The number of halogens is 4. The number of ether oxygens (including phenoxy) is 3. The van der Waals surface area contributed by atoms with Crippen LogP contribution in [0.3, 0.4) is 0 Å². The number of alkyl carbamates (subject to hydrolysis) is 2. The Labute approximate surface area is 307 Å². The molecular weight excluding hydrogens is 725 g/mol. The summed E-state index contributed by atoms with van der Waals surface area (Å²) < 4.78 is 54.4. The fourth-order valence-electron chi connectivity index (χ4n) is 4.27. The molecule has 3 rings (SSSR count). The molecule has 0 heterocycles. The molecule has 0 unspecified atom stereocenters. The standard InChI is InChI=1S/C36H38ClF3N4O9/c1-34(2,3)52-32(49)43-31(44-33(50)53-35(4,5)6)41-24-14-9-21(10-15-24)30(48)51-25-16-11-22(26(37)19-25)18-28(45)42-27(29(46)47)17-20-7-12-23(13-8-20)36(38,39)40/h7-16,19,27H,17-18H2,1-6H3,(H,42,45)(H,46,47)(H2,41,43,44,49,50)/t27-/m0/s1. The first-order valence-electron chi connectivity index (χ1n) is 15.8. The molecule has 0 aliphatic rings. The van der Waals surface area contributed by atoms with Gasteiger partial charge in [-0.2, -0.15) is 13.2 Å². The van der Waals surface area contributed by atoms with E-state index in [4.69, 9.17) is 25.8 Å². The maximum absolute atomic E-state index is 12.9. The molecule has 0 saturated carbocycles. The van der Waals surface area contributed by atoms with Crippen molar-refractivity contribution in [1.82, 2.24) is 16.0 Å². The minimum absolute atomic E-state index is 0.0300. The SMILES string of the molecule is CC(C)(C)OC(=O)NC(=Nc1ccc(C(=O)Oc2ccc(CC(=O)N[C@@H](Cc3ccc(C(F)(F)F)cc3)C(=O)O)c(Cl)c2)cc1)NC(=O)OC(C)(C)C. The molecule has 3 amide bonds. The van der Waals surface area contributed by atoms with E-state index >= 15 is 0 Å². The second kappa shape index (κ2) is 17.3. The van der Waals surface area contributed by atoms with Crippen molar-refractivity contribution in [2.45, 2.75) is 77.8 Å². The van der Waals surface area contributed by atoms with Gasteiger partial charge in [0.05, 0.1) is 23.2 Å². The van der Waals surface area contributed by atoms with Gasteiger partial charge in [-0.05, 0) is 101 Å². The lowest BCUT2D eigenvalue weighted by molar-refractivity contribution is -0.141. The summed E-state index contributed by atoms with van der Waals surface area (Å²) in [5.74, 6) is -3.16. The number of alkyl halides is 3. The Morgan fingerprint density at radius 2 is 1.36 bits per heavy atom. The maximum Gasteiger partial charge on any atom is 0.416 e. The predicted octanol–water partition coefficient (Wildman–Crippen LogP) is 6.97. The van der Waals surface area contributed by atoms with Crippen LogP contribution < -0.4 is 20.7 Å². The normalized spacial score (nSPS) is 12.1. The number of carbonyl (C=O) groups excluding carboxylic acids is 4. The summed E-state index contributed by atoms with van der Waals surface area (Å²) in [6.45, 7) is 9.93. The molecule has 0 aliphatic heterocycles. The van der Waals surface area contributed by atoms with Crippen LogP contribution in [0.1, 0.15) is 68.6 Å². The maximum atomic E-state index is 12.9. The number of carbonyl (C=O) groups is 5. The smallest absolute Gasteiger partial charge is 0.416 e. The molecule has 3 aromatic rings. The van der Waals surface area contributed by atoms with Gasteiger partial charge in [-0.25, -0.2) is 24.2 Å². The van der Waals surface area contributed by atoms with Crippen LogP contribution in [0.2, 0.25) is 5.02 Å². The fraction of sp³-hybridized carbons (Fsp3) is 0.333. The van der Waals surface area contributed by atoms with E-state index in [1.165, 1.54) is 42.5 Å². The largest absolute Gasteiger partial charge is 0.480 e. The van der Waals surface area contributed by atoms with Crippen molar-refractivity contribution in [2.75, 3.05) is 0 Å². The van der Waals surface area contributed by atoms with Crippen molar-refractivity contribution in [3.8, 4) is 5.75 Å². The van der Waals surface area contributed by atoms with Gasteiger partial charge in [0, 0.05) is 11.4 Å². The van der Waals surface area contributed by atoms with Gasteiger partial charge in [0.1, 0.15) is 23.0 Å².